The van der Waals surface area contributed by atoms with Gasteiger partial charge >= 0.3 is 0 Å². The van der Waals surface area contributed by atoms with Crippen molar-refractivity contribution in [3.8, 4) is 0 Å². The van der Waals surface area contributed by atoms with Crippen LogP contribution in [0.25, 0.3) is 0 Å². The van der Waals surface area contributed by atoms with E-state index in [1.165, 1.54) is 17.2 Å². The van der Waals surface area contributed by atoms with Crippen molar-refractivity contribution in [3.63, 3.8) is 0 Å². The zero-order valence-corrected chi connectivity index (χ0v) is 18.4. The minimum atomic E-state index is -0.185. The molecule has 1 heterocycles. The van der Waals surface area contributed by atoms with E-state index in [9.17, 15) is 4.39 Å². The third-order valence-electron chi connectivity index (χ3n) is 4.36. The van der Waals surface area contributed by atoms with Crippen LogP contribution in [0.3, 0.4) is 0 Å². The van der Waals surface area contributed by atoms with Gasteiger partial charge in [0.05, 0.1) is 6.54 Å². The standard InChI is InChI=1S/C21H24FN5.HI/c1-16-12-17(8-9-20(16)22)13-24-21(23-2)25-14-18-6-3-4-7-19(18)15-27-11-5-10-26-27;/h3-12H,13-15H2,1-2H3,(H2,23,24,25);1H. The lowest BCUT2D eigenvalue weighted by Crippen LogP contribution is -2.36. The molecule has 0 bridgehead atoms. The molecular weight excluding hydrogens is 468 g/mol. The normalized spacial score (nSPS) is 11.0. The van der Waals surface area contributed by atoms with Crippen LogP contribution in [0.2, 0.25) is 0 Å². The largest absolute Gasteiger partial charge is 0.352 e. The Kier molecular flexibility index (Phi) is 8.43. The van der Waals surface area contributed by atoms with E-state index in [0.29, 0.717) is 24.6 Å². The Hall–Kier alpha value is -2.42. The van der Waals surface area contributed by atoms with E-state index in [1.54, 1.807) is 26.2 Å². The molecular formula is C21H25FIN5. The molecule has 0 saturated heterocycles. The summed E-state index contributed by atoms with van der Waals surface area (Å²) in [5, 5.41) is 10.9. The third-order valence-corrected chi connectivity index (χ3v) is 4.36. The molecule has 0 radical (unpaired) electrons. The van der Waals surface area contributed by atoms with Gasteiger partial charge in [-0.25, -0.2) is 4.39 Å². The summed E-state index contributed by atoms with van der Waals surface area (Å²) in [5.74, 6) is 0.515. The average molecular weight is 493 g/mol. The smallest absolute Gasteiger partial charge is 0.191 e. The molecule has 0 unspecified atom stereocenters. The molecule has 0 saturated carbocycles. The van der Waals surface area contributed by atoms with Crippen molar-refractivity contribution in [1.82, 2.24) is 20.4 Å². The molecule has 2 N–H and O–H groups in total. The number of nitrogens with one attached hydrogen (secondary N) is 2. The van der Waals surface area contributed by atoms with Gasteiger partial charge in [0, 0.05) is 32.5 Å². The Morgan fingerprint density at radius 3 is 2.50 bits per heavy atom. The number of aromatic nitrogens is 2. The molecule has 3 aromatic rings. The van der Waals surface area contributed by atoms with Gasteiger partial charge in [-0.05, 0) is 41.3 Å². The van der Waals surface area contributed by atoms with Gasteiger partial charge in [0.2, 0.25) is 0 Å². The van der Waals surface area contributed by atoms with Crippen LogP contribution in [-0.2, 0) is 19.6 Å². The van der Waals surface area contributed by atoms with Crippen molar-refractivity contribution in [3.05, 3.63) is 89.0 Å². The number of aryl methyl sites for hydroxylation is 1. The van der Waals surface area contributed by atoms with Crippen LogP contribution < -0.4 is 10.6 Å². The number of halogens is 2. The molecule has 28 heavy (non-hydrogen) atoms. The molecule has 0 aliphatic heterocycles. The molecule has 7 heteroatoms. The van der Waals surface area contributed by atoms with Gasteiger partial charge in [-0.3, -0.25) is 9.67 Å². The highest BCUT2D eigenvalue weighted by Crippen LogP contribution is 2.11. The molecule has 1 aromatic heterocycles. The first-order chi connectivity index (χ1) is 13.2. The van der Waals surface area contributed by atoms with Crippen molar-refractivity contribution >= 4 is 29.9 Å². The van der Waals surface area contributed by atoms with Crippen LogP contribution in [0.5, 0.6) is 0 Å². The summed E-state index contributed by atoms with van der Waals surface area (Å²) in [4.78, 5) is 4.27. The predicted molar refractivity (Wildman–Crippen MR) is 121 cm³/mol. The Balaban J connectivity index is 0.00000280. The Morgan fingerprint density at radius 2 is 1.82 bits per heavy atom. The van der Waals surface area contributed by atoms with E-state index in [2.05, 4.69) is 32.9 Å². The number of hydrogen-bond acceptors (Lipinski definition) is 2. The first kappa shape index (κ1) is 21.9. The van der Waals surface area contributed by atoms with Gasteiger partial charge in [0.15, 0.2) is 5.96 Å². The summed E-state index contributed by atoms with van der Waals surface area (Å²) in [6.07, 6.45) is 3.74. The first-order valence-corrected chi connectivity index (χ1v) is 8.89. The summed E-state index contributed by atoms with van der Waals surface area (Å²) in [6, 6.07) is 15.3. The molecule has 0 amide bonds. The molecule has 0 fully saturated rings. The van der Waals surface area contributed by atoms with Crippen LogP contribution in [0.15, 0.2) is 65.9 Å². The summed E-state index contributed by atoms with van der Waals surface area (Å²) in [5.41, 5.74) is 4.05. The maximum absolute atomic E-state index is 13.4. The average Bonchev–Trinajstić information content (AvgIpc) is 3.19. The number of rotatable bonds is 6. The van der Waals surface area contributed by atoms with Gasteiger partial charge in [-0.1, -0.05) is 36.4 Å². The second-order valence-electron chi connectivity index (χ2n) is 6.34. The highest BCUT2D eigenvalue weighted by atomic mass is 127. The summed E-state index contributed by atoms with van der Waals surface area (Å²) >= 11 is 0. The van der Waals surface area contributed by atoms with E-state index >= 15 is 0 Å². The Bertz CT molecular complexity index is 909. The Morgan fingerprint density at radius 1 is 1.07 bits per heavy atom. The second kappa shape index (κ2) is 10.8. The summed E-state index contributed by atoms with van der Waals surface area (Å²) < 4.78 is 15.3. The zero-order chi connectivity index (χ0) is 19.1. The van der Waals surface area contributed by atoms with Crippen molar-refractivity contribution in [2.75, 3.05) is 7.05 Å². The maximum atomic E-state index is 13.4. The number of hydrogen-bond donors (Lipinski definition) is 2. The molecule has 3 rings (SSSR count). The fourth-order valence-electron chi connectivity index (χ4n) is 2.85. The van der Waals surface area contributed by atoms with Crippen molar-refractivity contribution in [2.45, 2.75) is 26.6 Å². The summed E-state index contributed by atoms with van der Waals surface area (Å²) in [7, 11) is 1.74. The van der Waals surface area contributed by atoms with Crippen LogP contribution in [0.1, 0.15) is 22.3 Å². The van der Waals surface area contributed by atoms with E-state index < -0.39 is 0 Å². The first-order valence-electron chi connectivity index (χ1n) is 8.89. The fourth-order valence-corrected chi connectivity index (χ4v) is 2.85. The van der Waals surface area contributed by atoms with Gasteiger partial charge in [-0.2, -0.15) is 5.10 Å². The van der Waals surface area contributed by atoms with Crippen molar-refractivity contribution in [2.24, 2.45) is 4.99 Å². The third kappa shape index (κ3) is 6.05. The molecule has 0 atom stereocenters. The van der Waals surface area contributed by atoms with Crippen molar-refractivity contribution < 1.29 is 4.39 Å². The van der Waals surface area contributed by atoms with Crippen LogP contribution in [0.4, 0.5) is 4.39 Å². The van der Waals surface area contributed by atoms with Crippen LogP contribution >= 0.6 is 24.0 Å². The Labute approximate surface area is 182 Å². The summed E-state index contributed by atoms with van der Waals surface area (Å²) in [6.45, 7) is 3.73. The van der Waals surface area contributed by atoms with Crippen LogP contribution in [-0.4, -0.2) is 22.8 Å². The lowest BCUT2D eigenvalue weighted by molar-refractivity contribution is 0.617. The molecule has 0 aliphatic carbocycles. The lowest BCUT2D eigenvalue weighted by Gasteiger charge is -2.15. The minimum absolute atomic E-state index is 0. The predicted octanol–water partition coefficient (Wildman–Crippen LogP) is 3.86. The van der Waals surface area contributed by atoms with E-state index in [-0.39, 0.29) is 29.8 Å². The van der Waals surface area contributed by atoms with Gasteiger partial charge in [0.1, 0.15) is 5.82 Å². The monoisotopic (exact) mass is 493 g/mol. The quantitative estimate of drug-likeness (QED) is 0.312. The maximum Gasteiger partial charge on any atom is 0.191 e. The highest BCUT2D eigenvalue weighted by molar-refractivity contribution is 14.0. The molecule has 2 aromatic carbocycles. The van der Waals surface area contributed by atoms with Gasteiger partial charge in [-0.15, -0.1) is 24.0 Å². The highest BCUT2D eigenvalue weighted by Gasteiger charge is 2.05. The van der Waals surface area contributed by atoms with E-state index in [0.717, 1.165) is 12.1 Å². The minimum Gasteiger partial charge on any atom is -0.352 e. The topological polar surface area (TPSA) is 54.2 Å². The fraction of sp³-hybridized carbons (Fsp3) is 0.238. The molecule has 5 nitrogen and oxygen atoms in total. The van der Waals surface area contributed by atoms with Crippen LogP contribution in [0, 0.1) is 12.7 Å². The number of guanidine groups is 1. The van der Waals surface area contributed by atoms with E-state index in [1.807, 2.05) is 35.1 Å². The second-order valence-corrected chi connectivity index (χ2v) is 6.34. The molecule has 0 spiro atoms. The molecule has 0 aliphatic rings. The van der Waals surface area contributed by atoms with Gasteiger partial charge in [0.25, 0.3) is 0 Å². The lowest BCUT2D eigenvalue weighted by atomic mass is 10.1. The SMILES string of the molecule is CN=C(NCc1ccc(F)c(C)c1)NCc1ccccc1Cn1cccn1.I. The zero-order valence-electron chi connectivity index (χ0n) is 16.0. The van der Waals surface area contributed by atoms with Crippen molar-refractivity contribution in [1.29, 1.82) is 0 Å². The number of aliphatic imine (C=N–C) groups is 1. The number of benzene rings is 2. The number of nitrogens with zero attached hydrogens (tertiary/aromatic N) is 3. The van der Waals surface area contributed by atoms with Gasteiger partial charge < -0.3 is 10.6 Å². The van der Waals surface area contributed by atoms with E-state index in [4.69, 9.17) is 0 Å². The molecule has 148 valence electrons.